The van der Waals surface area contributed by atoms with Crippen molar-refractivity contribution in [1.29, 1.82) is 0 Å². The third-order valence-electron chi connectivity index (χ3n) is 2.37. The van der Waals surface area contributed by atoms with Crippen LogP contribution in [0.3, 0.4) is 0 Å². The van der Waals surface area contributed by atoms with Crippen LogP contribution in [0.15, 0.2) is 42.5 Å². The molecular weight excluding hydrogens is 253 g/mol. The van der Waals surface area contributed by atoms with E-state index in [4.69, 9.17) is 4.74 Å². The molecule has 0 saturated heterocycles. The van der Waals surface area contributed by atoms with Crippen LogP contribution in [0.25, 0.3) is 0 Å². The van der Waals surface area contributed by atoms with E-state index in [0.29, 0.717) is 12.0 Å². The molecule has 2 rings (SSSR count). The van der Waals surface area contributed by atoms with Gasteiger partial charge in [0.2, 0.25) is 0 Å². The highest BCUT2D eigenvalue weighted by Gasteiger charge is 2.08. The monoisotopic (exact) mass is 261 g/mol. The van der Waals surface area contributed by atoms with Crippen LogP contribution >= 0.6 is 0 Å². The van der Waals surface area contributed by atoms with Crippen LogP contribution in [-0.2, 0) is 0 Å². The number of ether oxygens (including phenoxy) is 1. The van der Waals surface area contributed by atoms with E-state index in [1.54, 1.807) is 0 Å². The van der Waals surface area contributed by atoms with E-state index < -0.39 is 10.7 Å². The van der Waals surface area contributed by atoms with E-state index in [9.17, 15) is 19.3 Å². The van der Waals surface area contributed by atoms with E-state index in [1.807, 2.05) is 0 Å². The molecule has 2 aromatic rings. The highest BCUT2D eigenvalue weighted by molar-refractivity contribution is 5.79. The first-order chi connectivity index (χ1) is 9.10. The molecule has 0 aromatic heterocycles. The standard InChI is InChI=1S/C13H8FNO4/c14-10-1-6-13(9(7-10)8-16)19-12-4-2-11(3-5-12)15(17)18/h1-8H. The van der Waals surface area contributed by atoms with Gasteiger partial charge in [0.25, 0.3) is 5.69 Å². The van der Waals surface area contributed by atoms with Crippen LogP contribution < -0.4 is 4.74 Å². The third kappa shape index (κ3) is 2.92. The fraction of sp³-hybridized carbons (Fsp3) is 0. The van der Waals surface area contributed by atoms with Crippen molar-refractivity contribution in [2.75, 3.05) is 0 Å². The van der Waals surface area contributed by atoms with Gasteiger partial charge in [0.15, 0.2) is 6.29 Å². The molecule has 0 aliphatic rings. The van der Waals surface area contributed by atoms with Gasteiger partial charge in [-0.1, -0.05) is 0 Å². The molecule has 5 nitrogen and oxygen atoms in total. The molecule has 0 fully saturated rings. The Morgan fingerprint density at radius 2 is 1.84 bits per heavy atom. The normalized spacial score (nSPS) is 9.95. The van der Waals surface area contributed by atoms with Crippen LogP contribution in [0, 0.1) is 15.9 Å². The van der Waals surface area contributed by atoms with Gasteiger partial charge in [-0.2, -0.15) is 0 Å². The maximum atomic E-state index is 12.9. The summed E-state index contributed by atoms with van der Waals surface area (Å²) in [4.78, 5) is 20.7. The van der Waals surface area contributed by atoms with Crippen LogP contribution in [0.5, 0.6) is 11.5 Å². The second kappa shape index (κ2) is 5.26. The van der Waals surface area contributed by atoms with Crippen LogP contribution in [-0.4, -0.2) is 11.2 Å². The Kier molecular flexibility index (Phi) is 3.51. The molecule has 96 valence electrons. The van der Waals surface area contributed by atoms with Gasteiger partial charge in [0, 0.05) is 12.1 Å². The number of non-ortho nitro benzene ring substituents is 1. The lowest BCUT2D eigenvalue weighted by atomic mass is 10.2. The molecule has 0 N–H and O–H groups in total. The number of hydrogen-bond acceptors (Lipinski definition) is 4. The van der Waals surface area contributed by atoms with Crippen LogP contribution in [0.4, 0.5) is 10.1 Å². The van der Waals surface area contributed by atoms with Crippen molar-refractivity contribution in [2.45, 2.75) is 0 Å². The number of halogens is 1. The van der Waals surface area contributed by atoms with Crippen molar-refractivity contribution >= 4 is 12.0 Å². The number of carbonyl (C=O) groups is 1. The Balaban J connectivity index is 2.26. The average Bonchev–Trinajstić information content (AvgIpc) is 2.41. The summed E-state index contributed by atoms with van der Waals surface area (Å²) in [5.41, 5.74) is 0.000389. The zero-order chi connectivity index (χ0) is 13.8. The number of aldehydes is 1. The summed E-state index contributed by atoms with van der Waals surface area (Å²) in [5, 5.41) is 10.5. The zero-order valence-electron chi connectivity index (χ0n) is 9.58. The molecule has 19 heavy (non-hydrogen) atoms. The minimum atomic E-state index is -0.543. The Morgan fingerprint density at radius 3 is 2.42 bits per heavy atom. The number of hydrogen-bond donors (Lipinski definition) is 0. The predicted molar refractivity (Wildman–Crippen MR) is 65.0 cm³/mol. The molecule has 6 heteroatoms. The second-order valence-electron chi connectivity index (χ2n) is 3.65. The van der Waals surface area contributed by atoms with E-state index in [-0.39, 0.29) is 17.0 Å². The molecule has 0 unspecified atom stereocenters. The van der Waals surface area contributed by atoms with E-state index in [1.165, 1.54) is 30.3 Å². The molecule has 0 amide bonds. The average molecular weight is 261 g/mol. The zero-order valence-corrected chi connectivity index (χ0v) is 9.58. The number of rotatable bonds is 4. The smallest absolute Gasteiger partial charge is 0.269 e. The van der Waals surface area contributed by atoms with E-state index in [0.717, 1.165) is 12.1 Å². The largest absolute Gasteiger partial charge is 0.457 e. The van der Waals surface area contributed by atoms with Crippen molar-refractivity contribution in [2.24, 2.45) is 0 Å². The van der Waals surface area contributed by atoms with Gasteiger partial charge >= 0.3 is 0 Å². The lowest BCUT2D eigenvalue weighted by Crippen LogP contribution is -1.92. The maximum absolute atomic E-state index is 12.9. The molecule has 0 radical (unpaired) electrons. The Labute approximate surface area is 107 Å². The summed E-state index contributed by atoms with van der Waals surface area (Å²) >= 11 is 0. The fourth-order valence-electron chi connectivity index (χ4n) is 1.47. The van der Waals surface area contributed by atoms with E-state index in [2.05, 4.69) is 0 Å². The third-order valence-corrected chi connectivity index (χ3v) is 2.37. The van der Waals surface area contributed by atoms with Gasteiger partial charge in [0.1, 0.15) is 17.3 Å². The molecule has 0 aliphatic carbocycles. The Morgan fingerprint density at radius 1 is 1.16 bits per heavy atom. The lowest BCUT2D eigenvalue weighted by molar-refractivity contribution is -0.384. The van der Waals surface area contributed by atoms with Crippen molar-refractivity contribution < 1.29 is 18.8 Å². The first-order valence-electron chi connectivity index (χ1n) is 5.27. The van der Waals surface area contributed by atoms with Crippen molar-refractivity contribution in [1.82, 2.24) is 0 Å². The first-order valence-corrected chi connectivity index (χ1v) is 5.27. The highest BCUT2D eigenvalue weighted by Crippen LogP contribution is 2.26. The minimum absolute atomic E-state index is 0.0675. The summed E-state index contributed by atoms with van der Waals surface area (Å²) in [5.74, 6) is -0.0382. The van der Waals surface area contributed by atoms with Gasteiger partial charge in [0.05, 0.1) is 10.5 Å². The Bertz CT molecular complexity index is 625. The van der Waals surface area contributed by atoms with Crippen molar-refractivity contribution in [3.8, 4) is 11.5 Å². The summed E-state index contributed by atoms with van der Waals surface area (Å²) in [7, 11) is 0. The summed E-state index contributed by atoms with van der Waals surface area (Å²) in [6.45, 7) is 0. The predicted octanol–water partition coefficient (Wildman–Crippen LogP) is 3.34. The van der Waals surface area contributed by atoms with Crippen LogP contribution in [0.2, 0.25) is 0 Å². The topological polar surface area (TPSA) is 69.4 Å². The molecule has 0 heterocycles. The number of nitrogens with zero attached hydrogens (tertiary/aromatic N) is 1. The van der Waals surface area contributed by atoms with E-state index >= 15 is 0 Å². The highest BCUT2D eigenvalue weighted by atomic mass is 19.1. The first kappa shape index (κ1) is 12.7. The van der Waals surface area contributed by atoms with Crippen molar-refractivity contribution in [3.05, 3.63) is 64.0 Å². The summed E-state index contributed by atoms with van der Waals surface area (Å²) < 4.78 is 18.3. The van der Waals surface area contributed by atoms with Gasteiger partial charge in [-0.15, -0.1) is 0 Å². The van der Waals surface area contributed by atoms with Gasteiger partial charge in [-0.05, 0) is 30.3 Å². The molecule has 2 aromatic carbocycles. The number of carbonyl (C=O) groups excluding carboxylic acids is 1. The van der Waals surface area contributed by atoms with Gasteiger partial charge in [-0.25, -0.2) is 4.39 Å². The van der Waals surface area contributed by atoms with Crippen LogP contribution in [0.1, 0.15) is 10.4 Å². The molecular formula is C13H8FNO4. The van der Waals surface area contributed by atoms with Gasteiger partial charge < -0.3 is 4.74 Å². The minimum Gasteiger partial charge on any atom is -0.457 e. The molecule has 0 atom stereocenters. The molecule has 0 aliphatic heterocycles. The number of nitro groups is 1. The molecule has 0 spiro atoms. The maximum Gasteiger partial charge on any atom is 0.269 e. The quantitative estimate of drug-likeness (QED) is 0.480. The summed E-state index contributed by atoms with van der Waals surface area (Å²) in [6, 6.07) is 8.88. The summed E-state index contributed by atoms with van der Waals surface area (Å²) in [6.07, 6.45) is 0.476. The second-order valence-corrected chi connectivity index (χ2v) is 3.65. The van der Waals surface area contributed by atoms with Crippen molar-refractivity contribution in [3.63, 3.8) is 0 Å². The number of benzene rings is 2. The SMILES string of the molecule is O=Cc1cc(F)ccc1Oc1ccc([N+](=O)[O-])cc1. The van der Waals surface area contributed by atoms with Gasteiger partial charge in [-0.3, -0.25) is 14.9 Å². The number of nitro benzene ring substituents is 1. The fourth-order valence-corrected chi connectivity index (χ4v) is 1.47. The Hall–Kier alpha value is -2.76. The lowest BCUT2D eigenvalue weighted by Gasteiger charge is -2.07. The molecule has 0 saturated carbocycles. The molecule has 0 bridgehead atoms.